The number of hydrogen-bond acceptors (Lipinski definition) is 7. The Morgan fingerprint density at radius 1 is 1.17 bits per heavy atom. The quantitative estimate of drug-likeness (QED) is 0.367. The minimum Gasteiger partial charge on any atom is -0.496 e. The van der Waals surface area contributed by atoms with E-state index in [9.17, 15) is 22.8 Å². The van der Waals surface area contributed by atoms with Gasteiger partial charge in [-0.1, -0.05) is 0 Å². The van der Waals surface area contributed by atoms with Gasteiger partial charge in [-0.05, 0) is 46.3 Å². The molecule has 3 aromatic rings. The van der Waals surface area contributed by atoms with Gasteiger partial charge in [-0.25, -0.2) is 23.1 Å². The maximum Gasteiger partial charge on any atom is 0.342 e. The maximum absolute atomic E-state index is 12.3. The van der Waals surface area contributed by atoms with Crippen molar-refractivity contribution in [2.45, 2.75) is 4.90 Å². The van der Waals surface area contributed by atoms with Crippen LogP contribution in [0.15, 0.2) is 44.5 Å². The number of amides is 1. The molecule has 158 valence electrons. The topological polar surface area (TPSA) is 173 Å². The zero-order valence-electron chi connectivity index (χ0n) is 15.3. The fourth-order valence-electron chi connectivity index (χ4n) is 2.57. The van der Waals surface area contributed by atoms with Crippen LogP contribution in [0.3, 0.4) is 0 Å². The average molecular weight is 499 g/mol. The third kappa shape index (κ3) is 4.69. The Bertz CT molecular complexity index is 1310. The molecule has 0 fully saturated rings. The average Bonchev–Trinajstić information content (AvgIpc) is 3.03. The first kappa shape index (κ1) is 21.5. The number of halogens is 1. The van der Waals surface area contributed by atoms with Crippen LogP contribution in [0.5, 0.6) is 5.75 Å². The van der Waals surface area contributed by atoms with E-state index in [0.717, 1.165) is 6.07 Å². The SMILES string of the molecule is COc1ccc(S(N)(=O)=O)cc1C(=O)OCC(=O)Nc1cc2[nH]c(=O)[nH]c2cc1Br. The van der Waals surface area contributed by atoms with Gasteiger partial charge < -0.3 is 24.8 Å². The number of imidazole rings is 1. The molecule has 0 saturated carbocycles. The normalized spacial score (nSPS) is 11.3. The van der Waals surface area contributed by atoms with Gasteiger partial charge in [0.2, 0.25) is 10.0 Å². The van der Waals surface area contributed by atoms with E-state index in [1.165, 1.54) is 25.3 Å². The molecule has 3 rings (SSSR count). The Labute approximate surface area is 177 Å². The van der Waals surface area contributed by atoms with Crippen LogP contribution in [0, 0.1) is 0 Å². The minimum atomic E-state index is -4.05. The van der Waals surface area contributed by atoms with Crippen molar-refractivity contribution in [2.24, 2.45) is 5.14 Å². The van der Waals surface area contributed by atoms with E-state index in [-0.39, 0.29) is 16.2 Å². The van der Waals surface area contributed by atoms with Gasteiger partial charge in [0.1, 0.15) is 11.3 Å². The van der Waals surface area contributed by atoms with Crippen LogP contribution in [0.2, 0.25) is 0 Å². The highest BCUT2D eigenvalue weighted by Gasteiger charge is 2.20. The standard InChI is InChI=1S/C17H15BrN4O7S/c1-28-14-3-2-8(30(19,26)27)4-9(14)16(24)29-7-15(23)20-11-6-13-12(5-10(11)18)21-17(25)22-13/h2-6H,7H2,1H3,(H,20,23)(H2,19,26,27)(H2,21,22,25). The molecule has 0 aliphatic carbocycles. The number of primary sulfonamides is 1. The van der Waals surface area contributed by atoms with E-state index in [2.05, 4.69) is 31.2 Å². The van der Waals surface area contributed by atoms with Crippen LogP contribution in [-0.4, -0.2) is 44.0 Å². The second kappa shape index (κ2) is 8.30. The molecule has 0 saturated heterocycles. The molecule has 0 aliphatic rings. The van der Waals surface area contributed by atoms with E-state index in [1.54, 1.807) is 6.07 Å². The molecule has 0 atom stereocenters. The van der Waals surface area contributed by atoms with Gasteiger partial charge >= 0.3 is 11.7 Å². The van der Waals surface area contributed by atoms with Gasteiger partial charge in [0.05, 0.1) is 28.7 Å². The summed E-state index contributed by atoms with van der Waals surface area (Å²) in [6.07, 6.45) is 0. The predicted molar refractivity (Wildman–Crippen MR) is 110 cm³/mol. The van der Waals surface area contributed by atoms with Crippen molar-refractivity contribution in [1.29, 1.82) is 0 Å². The van der Waals surface area contributed by atoms with Gasteiger partial charge in [-0.2, -0.15) is 0 Å². The predicted octanol–water partition coefficient (Wildman–Crippen LogP) is 1.07. The number of carbonyl (C=O) groups excluding carboxylic acids is 2. The summed E-state index contributed by atoms with van der Waals surface area (Å²) in [6, 6.07) is 6.55. The molecule has 1 heterocycles. The molecule has 2 aromatic carbocycles. The molecule has 0 spiro atoms. The summed E-state index contributed by atoms with van der Waals surface area (Å²) in [4.78, 5) is 40.7. The van der Waals surface area contributed by atoms with Crippen molar-refractivity contribution in [2.75, 3.05) is 19.0 Å². The lowest BCUT2D eigenvalue weighted by Crippen LogP contribution is -2.21. The van der Waals surface area contributed by atoms with Crippen molar-refractivity contribution in [3.8, 4) is 5.75 Å². The fourth-order valence-corrected chi connectivity index (χ4v) is 3.55. The first-order valence-electron chi connectivity index (χ1n) is 8.18. The summed E-state index contributed by atoms with van der Waals surface area (Å²) in [5, 5.41) is 7.60. The second-order valence-corrected chi connectivity index (χ2v) is 8.40. The Kier molecular flexibility index (Phi) is 5.96. The van der Waals surface area contributed by atoms with Crippen molar-refractivity contribution >= 4 is 54.6 Å². The Balaban J connectivity index is 1.73. The fraction of sp³-hybridized carbons (Fsp3) is 0.118. The first-order valence-corrected chi connectivity index (χ1v) is 10.5. The second-order valence-electron chi connectivity index (χ2n) is 5.99. The smallest absolute Gasteiger partial charge is 0.342 e. The number of H-pyrrole nitrogens is 2. The molecule has 1 amide bonds. The lowest BCUT2D eigenvalue weighted by Gasteiger charge is -2.11. The van der Waals surface area contributed by atoms with Gasteiger partial charge in [0, 0.05) is 4.47 Å². The molecule has 0 unspecified atom stereocenters. The number of ether oxygens (including phenoxy) is 2. The Morgan fingerprint density at radius 3 is 2.47 bits per heavy atom. The molecule has 0 radical (unpaired) electrons. The third-order valence-corrected chi connectivity index (χ3v) is 5.50. The summed E-state index contributed by atoms with van der Waals surface area (Å²) in [5.41, 5.74) is 0.750. The van der Waals surface area contributed by atoms with Crippen molar-refractivity contribution in [3.05, 3.63) is 50.9 Å². The summed E-state index contributed by atoms with van der Waals surface area (Å²) in [5.74, 6) is -1.59. The molecule has 13 heteroatoms. The van der Waals surface area contributed by atoms with Crippen LogP contribution < -0.4 is 20.9 Å². The highest BCUT2D eigenvalue weighted by Crippen LogP contribution is 2.26. The number of nitrogens with two attached hydrogens (primary N) is 1. The lowest BCUT2D eigenvalue weighted by molar-refractivity contribution is -0.119. The number of anilines is 1. The van der Waals surface area contributed by atoms with Crippen LogP contribution in [0.4, 0.5) is 5.69 Å². The number of aromatic nitrogens is 2. The number of carbonyl (C=O) groups is 2. The molecule has 0 aliphatic heterocycles. The Morgan fingerprint density at radius 2 is 1.83 bits per heavy atom. The zero-order valence-corrected chi connectivity index (χ0v) is 17.7. The summed E-state index contributed by atoms with van der Waals surface area (Å²) < 4.78 is 33.5. The molecule has 11 nitrogen and oxygen atoms in total. The Hall–Kier alpha value is -3.16. The van der Waals surface area contributed by atoms with E-state index in [0.29, 0.717) is 21.2 Å². The minimum absolute atomic E-state index is 0.0532. The summed E-state index contributed by atoms with van der Waals surface area (Å²) in [6.45, 7) is -0.657. The molecule has 30 heavy (non-hydrogen) atoms. The number of esters is 1. The first-order chi connectivity index (χ1) is 14.1. The van der Waals surface area contributed by atoms with Crippen LogP contribution in [0.1, 0.15) is 10.4 Å². The van der Waals surface area contributed by atoms with E-state index < -0.39 is 34.2 Å². The number of methoxy groups -OCH3 is 1. The number of nitrogens with one attached hydrogen (secondary N) is 3. The summed E-state index contributed by atoms with van der Waals surface area (Å²) >= 11 is 3.27. The number of sulfonamides is 1. The van der Waals surface area contributed by atoms with Gasteiger partial charge in [0.15, 0.2) is 6.61 Å². The number of hydrogen-bond donors (Lipinski definition) is 4. The monoisotopic (exact) mass is 498 g/mol. The van der Waals surface area contributed by atoms with Crippen molar-refractivity contribution in [1.82, 2.24) is 9.97 Å². The molecule has 0 bridgehead atoms. The zero-order chi connectivity index (χ0) is 22.1. The maximum atomic E-state index is 12.3. The largest absolute Gasteiger partial charge is 0.496 e. The highest BCUT2D eigenvalue weighted by atomic mass is 79.9. The molecular formula is C17H15BrN4O7S. The summed E-state index contributed by atoms with van der Waals surface area (Å²) in [7, 11) is -2.77. The van der Waals surface area contributed by atoms with Crippen molar-refractivity contribution < 1.29 is 27.5 Å². The van der Waals surface area contributed by atoms with Gasteiger partial charge in [-0.15, -0.1) is 0 Å². The third-order valence-electron chi connectivity index (χ3n) is 3.93. The van der Waals surface area contributed by atoms with Crippen LogP contribution >= 0.6 is 15.9 Å². The number of aromatic amines is 2. The number of fused-ring (bicyclic) bond motifs is 1. The molecule has 1 aromatic heterocycles. The van der Waals surface area contributed by atoms with Crippen LogP contribution in [0.25, 0.3) is 11.0 Å². The van der Waals surface area contributed by atoms with Crippen LogP contribution in [-0.2, 0) is 19.6 Å². The van der Waals surface area contributed by atoms with E-state index in [1.807, 2.05) is 0 Å². The van der Waals surface area contributed by atoms with E-state index in [4.69, 9.17) is 14.6 Å². The van der Waals surface area contributed by atoms with Gasteiger partial charge in [0.25, 0.3) is 5.91 Å². The molecular weight excluding hydrogens is 484 g/mol. The van der Waals surface area contributed by atoms with Crippen molar-refractivity contribution in [3.63, 3.8) is 0 Å². The number of benzene rings is 2. The highest BCUT2D eigenvalue weighted by molar-refractivity contribution is 9.10. The van der Waals surface area contributed by atoms with E-state index >= 15 is 0 Å². The lowest BCUT2D eigenvalue weighted by atomic mass is 10.2. The number of rotatable bonds is 6. The molecule has 5 N–H and O–H groups in total. The van der Waals surface area contributed by atoms with Gasteiger partial charge in [-0.3, -0.25) is 4.79 Å².